The first-order valence-electron chi connectivity index (χ1n) is 11.2. The van der Waals surface area contributed by atoms with Crippen LogP contribution in [0.15, 0.2) is 11.8 Å². The number of unbranched alkanes of at least 4 members (excludes halogenated alkanes) is 4. The molecule has 2 rings (SSSR count). The van der Waals surface area contributed by atoms with Gasteiger partial charge in [-0.15, -0.1) is 0 Å². The zero-order valence-corrected chi connectivity index (χ0v) is 17.5. The summed E-state index contributed by atoms with van der Waals surface area (Å²) in [5.74, 6) is 0.324. The van der Waals surface area contributed by atoms with Crippen LogP contribution in [0.5, 0.6) is 0 Å². The van der Waals surface area contributed by atoms with Crippen LogP contribution in [-0.4, -0.2) is 54.7 Å². The lowest BCUT2D eigenvalue weighted by Crippen LogP contribution is -2.52. The Bertz CT molecular complexity index is 460. The summed E-state index contributed by atoms with van der Waals surface area (Å²) >= 11 is 0. The molecule has 3 atom stereocenters. The number of nitrogens with zero attached hydrogens (tertiary/aromatic N) is 1. The summed E-state index contributed by atoms with van der Waals surface area (Å²) in [5, 5.41) is 17.5. The fraction of sp³-hybridized carbons (Fsp3) is 0.864. The molecule has 1 heterocycles. The number of aliphatic hydroxyl groups is 1. The Morgan fingerprint density at radius 1 is 1.26 bits per heavy atom. The van der Waals surface area contributed by atoms with Gasteiger partial charge in [0.15, 0.2) is 0 Å². The fourth-order valence-corrected chi connectivity index (χ4v) is 4.41. The van der Waals surface area contributed by atoms with Crippen molar-refractivity contribution in [2.24, 2.45) is 5.92 Å². The quantitative estimate of drug-likeness (QED) is 0.456. The lowest BCUT2D eigenvalue weighted by Gasteiger charge is -2.35. The molecule has 1 unspecified atom stereocenters. The highest BCUT2D eigenvalue weighted by atomic mass is 16.3. The van der Waals surface area contributed by atoms with E-state index in [2.05, 4.69) is 28.5 Å². The molecule has 3 N–H and O–H groups in total. The van der Waals surface area contributed by atoms with Crippen molar-refractivity contribution in [1.29, 1.82) is 0 Å². The molecular formula is C22H41N3O2. The molecule has 0 bridgehead atoms. The largest absolute Gasteiger partial charge is 0.392 e. The zero-order chi connectivity index (χ0) is 19.5. The predicted molar refractivity (Wildman–Crippen MR) is 111 cm³/mol. The van der Waals surface area contributed by atoms with Crippen LogP contribution >= 0.6 is 0 Å². The van der Waals surface area contributed by atoms with Gasteiger partial charge in [0.2, 0.25) is 5.91 Å². The highest BCUT2D eigenvalue weighted by molar-refractivity contribution is 5.76. The molecule has 0 radical (unpaired) electrons. The monoisotopic (exact) mass is 379 g/mol. The molecule has 0 saturated carbocycles. The van der Waals surface area contributed by atoms with Gasteiger partial charge in [-0.1, -0.05) is 38.7 Å². The number of amides is 1. The summed E-state index contributed by atoms with van der Waals surface area (Å²) in [6.07, 6.45) is 13.4. The summed E-state index contributed by atoms with van der Waals surface area (Å²) < 4.78 is 0. The Kier molecular flexibility index (Phi) is 10.2. The predicted octanol–water partition coefficient (Wildman–Crippen LogP) is 3.19. The van der Waals surface area contributed by atoms with Gasteiger partial charge in [-0.05, 0) is 57.5 Å². The maximum atomic E-state index is 12.5. The van der Waals surface area contributed by atoms with Crippen LogP contribution in [0.2, 0.25) is 0 Å². The SMILES string of the molecule is CCCCCCCC(=O)N[C@H](CN1CCCC1)[C@H](O)C1CCC=C(NC)C1. The molecule has 0 aromatic heterocycles. The second-order valence-electron chi connectivity index (χ2n) is 8.36. The van der Waals surface area contributed by atoms with E-state index < -0.39 is 6.10 Å². The van der Waals surface area contributed by atoms with Gasteiger partial charge in [-0.2, -0.15) is 0 Å². The number of hydrogen-bond acceptors (Lipinski definition) is 4. The van der Waals surface area contributed by atoms with Gasteiger partial charge >= 0.3 is 0 Å². The summed E-state index contributed by atoms with van der Waals surface area (Å²) in [6, 6.07) is -0.160. The number of aliphatic hydroxyl groups excluding tert-OH is 1. The molecule has 5 nitrogen and oxygen atoms in total. The van der Waals surface area contributed by atoms with E-state index in [1.54, 1.807) is 0 Å². The van der Waals surface area contributed by atoms with Crippen LogP contribution in [0.1, 0.15) is 77.6 Å². The Morgan fingerprint density at radius 3 is 2.70 bits per heavy atom. The van der Waals surface area contributed by atoms with Crippen LogP contribution in [0.3, 0.4) is 0 Å². The fourth-order valence-electron chi connectivity index (χ4n) is 4.41. The van der Waals surface area contributed by atoms with Crippen LogP contribution in [0.25, 0.3) is 0 Å². The highest BCUT2D eigenvalue weighted by Crippen LogP contribution is 2.27. The van der Waals surface area contributed by atoms with Crippen molar-refractivity contribution in [1.82, 2.24) is 15.5 Å². The second-order valence-corrected chi connectivity index (χ2v) is 8.36. The van der Waals surface area contributed by atoms with Crippen LogP contribution in [-0.2, 0) is 4.79 Å². The van der Waals surface area contributed by atoms with Crippen LogP contribution in [0.4, 0.5) is 0 Å². The van der Waals surface area contributed by atoms with Gasteiger partial charge in [-0.3, -0.25) is 4.79 Å². The van der Waals surface area contributed by atoms with Crippen molar-refractivity contribution < 1.29 is 9.90 Å². The minimum Gasteiger partial charge on any atom is -0.392 e. The third-order valence-electron chi connectivity index (χ3n) is 6.13. The van der Waals surface area contributed by atoms with E-state index in [4.69, 9.17) is 0 Å². The molecule has 156 valence electrons. The Hall–Kier alpha value is -1.07. The summed E-state index contributed by atoms with van der Waals surface area (Å²) in [4.78, 5) is 14.9. The van der Waals surface area contributed by atoms with Gasteiger partial charge in [0.1, 0.15) is 0 Å². The molecule has 27 heavy (non-hydrogen) atoms. The van der Waals surface area contributed by atoms with Gasteiger partial charge < -0.3 is 20.6 Å². The van der Waals surface area contributed by atoms with Crippen molar-refractivity contribution >= 4 is 5.91 Å². The van der Waals surface area contributed by atoms with Gasteiger partial charge in [0.05, 0.1) is 12.1 Å². The minimum atomic E-state index is -0.480. The van der Waals surface area contributed by atoms with E-state index in [1.807, 2.05) is 7.05 Å². The van der Waals surface area contributed by atoms with E-state index in [-0.39, 0.29) is 17.9 Å². The third kappa shape index (κ3) is 7.82. The first-order valence-corrected chi connectivity index (χ1v) is 11.2. The number of carbonyl (C=O) groups is 1. The highest BCUT2D eigenvalue weighted by Gasteiger charge is 2.32. The minimum absolute atomic E-state index is 0.106. The molecule has 1 aliphatic carbocycles. The lowest BCUT2D eigenvalue weighted by atomic mass is 9.84. The number of carbonyl (C=O) groups excluding carboxylic acids is 1. The summed E-state index contributed by atoms with van der Waals surface area (Å²) in [6.45, 7) is 5.15. The summed E-state index contributed by atoms with van der Waals surface area (Å²) in [7, 11) is 1.95. The second kappa shape index (κ2) is 12.4. The van der Waals surface area contributed by atoms with Crippen molar-refractivity contribution in [2.75, 3.05) is 26.7 Å². The normalized spacial score (nSPS) is 22.9. The van der Waals surface area contributed by atoms with E-state index in [0.29, 0.717) is 6.42 Å². The van der Waals surface area contributed by atoms with Crippen LogP contribution in [0, 0.1) is 5.92 Å². The number of rotatable bonds is 12. The maximum Gasteiger partial charge on any atom is 0.220 e. The number of hydrogen-bond donors (Lipinski definition) is 3. The molecule has 0 aromatic carbocycles. The maximum absolute atomic E-state index is 12.5. The Balaban J connectivity index is 1.87. The van der Waals surface area contributed by atoms with Gasteiger partial charge in [-0.25, -0.2) is 0 Å². The third-order valence-corrected chi connectivity index (χ3v) is 6.13. The van der Waals surface area contributed by atoms with Crippen molar-refractivity contribution in [3.63, 3.8) is 0 Å². The first kappa shape index (κ1) is 22.2. The van der Waals surface area contributed by atoms with Crippen molar-refractivity contribution in [2.45, 2.75) is 89.7 Å². The lowest BCUT2D eigenvalue weighted by molar-refractivity contribution is -0.123. The first-order chi connectivity index (χ1) is 13.1. The van der Waals surface area contributed by atoms with Crippen molar-refractivity contribution in [3.8, 4) is 0 Å². The topological polar surface area (TPSA) is 64.6 Å². The van der Waals surface area contributed by atoms with E-state index in [0.717, 1.165) is 51.7 Å². The van der Waals surface area contributed by atoms with E-state index in [1.165, 1.54) is 37.8 Å². The van der Waals surface area contributed by atoms with Crippen molar-refractivity contribution in [3.05, 3.63) is 11.8 Å². The number of allylic oxidation sites excluding steroid dienone is 2. The smallest absolute Gasteiger partial charge is 0.220 e. The standard InChI is InChI=1S/C22H41N3O2/c1-3-4-5-6-7-13-21(26)24-20(17-25-14-8-9-15-25)22(27)18-11-10-12-19(16-18)23-2/h12,18,20,22-23,27H,3-11,13-17H2,1-2H3,(H,24,26)/t18?,20-,22-/m1/s1. The molecule has 1 fully saturated rings. The Labute approximate surface area is 166 Å². The van der Waals surface area contributed by atoms with Gasteiger partial charge in [0, 0.05) is 25.7 Å². The molecule has 1 aliphatic heterocycles. The molecule has 0 spiro atoms. The molecule has 0 aromatic rings. The van der Waals surface area contributed by atoms with E-state index in [9.17, 15) is 9.90 Å². The van der Waals surface area contributed by atoms with Crippen LogP contribution < -0.4 is 10.6 Å². The summed E-state index contributed by atoms with van der Waals surface area (Å²) in [5.41, 5.74) is 1.22. The van der Waals surface area contributed by atoms with Gasteiger partial charge in [0.25, 0.3) is 0 Å². The molecule has 1 amide bonds. The number of likely N-dealkylation sites (tertiary alicyclic amines) is 1. The zero-order valence-electron chi connectivity index (χ0n) is 17.5. The average molecular weight is 380 g/mol. The van der Waals surface area contributed by atoms with E-state index >= 15 is 0 Å². The number of nitrogens with one attached hydrogen (secondary N) is 2. The average Bonchev–Trinajstić information content (AvgIpc) is 3.20. The molecule has 5 heteroatoms. The molecule has 2 aliphatic rings. The molecule has 1 saturated heterocycles. The Morgan fingerprint density at radius 2 is 2.00 bits per heavy atom. The molecular weight excluding hydrogens is 338 g/mol.